The molecule has 120 valence electrons. The molecule has 0 amide bonds. The van der Waals surface area contributed by atoms with Crippen molar-refractivity contribution in [2.24, 2.45) is 18.7 Å². The number of nitrogens with zero attached hydrogens (tertiary/aromatic N) is 1. The monoisotopic (exact) mass is 302 g/mol. The third-order valence-corrected chi connectivity index (χ3v) is 5.17. The van der Waals surface area contributed by atoms with E-state index >= 15 is 0 Å². The first kappa shape index (κ1) is 15.5. The Kier molecular flexibility index (Phi) is 4.26. The molecule has 0 saturated carbocycles. The molecule has 0 spiro atoms. The molecular formula is C18H26N2O2. The Bertz CT molecular complexity index is 664. The highest BCUT2D eigenvalue weighted by Gasteiger charge is 2.43. The SMILES string of the molecule is COCCC(CN)C1(C)OCCc2c1n(C)c1ccccc21. The molecule has 4 nitrogen and oxygen atoms in total. The van der Waals surface area contributed by atoms with Crippen LogP contribution in [0.2, 0.25) is 0 Å². The Morgan fingerprint density at radius 1 is 1.41 bits per heavy atom. The molecule has 1 aromatic carbocycles. The fourth-order valence-corrected chi connectivity index (χ4v) is 3.98. The van der Waals surface area contributed by atoms with Crippen LogP contribution in [0.15, 0.2) is 24.3 Å². The number of rotatable bonds is 5. The lowest BCUT2D eigenvalue weighted by Crippen LogP contribution is -2.44. The minimum atomic E-state index is -0.353. The highest BCUT2D eigenvalue weighted by molar-refractivity contribution is 5.86. The summed E-state index contributed by atoms with van der Waals surface area (Å²) in [4.78, 5) is 0. The number of nitrogens with two attached hydrogens (primary N) is 1. The predicted molar refractivity (Wildman–Crippen MR) is 89.0 cm³/mol. The second-order valence-corrected chi connectivity index (χ2v) is 6.32. The third kappa shape index (κ3) is 2.26. The van der Waals surface area contributed by atoms with Gasteiger partial charge in [0.05, 0.1) is 12.3 Å². The van der Waals surface area contributed by atoms with Crippen LogP contribution in [0.4, 0.5) is 0 Å². The van der Waals surface area contributed by atoms with Gasteiger partial charge in [0, 0.05) is 37.6 Å². The van der Waals surface area contributed by atoms with E-state index in [-0.39, 0.29) is 11.5 Å². The zero-order valence-electron chi connectivity index (χ0n) is 13.8. The van der Waals surface area contributed by atoms with Crippen LogP contribution in [0.3, 0.4) is 0 Å². The van der Waals surface area contributed by atoms with E-state index in [1.165, 1.54) is 22.2 Å². The van der Waals surface area contributed by atoms with E-state index < -0.39 is 0 Å². The number of fused-ring (bicyclic) bond motifs is 3. The van der Waals surface area contributed by atoms with Gasteiger partial charge in [0.1, 0.15) is 5.60 Å². The smallest absolute Gasteiger partial charge is 0.110 e. The van der Waals surface area contributed by atoms with Gasteiger partial charge in [-0.1, -0.05) is 18.2 Å². The summed E-state index contributed by atoms with van der Waals surface area (Å²) in [5.41, 5.74) is 9.71. The molecule has 4 heteroatoms. The molecule has 1 aliphatic heterocycles. The lowest BCUT2D eigenvalue weighted by atomic mass is 9.80. The number of para-hydroxylation sites is 1. The fourth-order valence-electron chi connectivity index (χ4n) is 3.98. The van der Waals surface area contributed by atoms with Gasteiger partial charge >= 0.3 is 0 Å². The molecule has 2 atom stereocenters. The third-order valence-electron chi connectivity index (χ3n) is 5.17. The van der Waals surface area contributed by atoms with Gasteiger partial charge < -0.3 is 19.8 Å². The Balaban J connectivity index is 2.14. The van der Waals surface area contributed by atoms with E-state index in [1.54, 1.807) is 7.11 Å². The number of ether oxygens (including phenoxy) is 2. The Morgan fingerprint density at radius 2 is 2.18 bits per heavy atom. The zero-order valence-corrected chi connectivity index (χ0v) is 13.8. The number of hydrogen-bond acceptors (Lipinski definition) is 3. The Hall–Kier alpha value is -1.36. The van der Waals surface area contributed by atoms with Crippen LogP contribution in [0.25, 0.3) is 10.9 Å². The summed E-state index contributed by atoms with van der Waals surface area (Å²) in [7, 11) is 3.87. The molecule has 3 rings (SSSR count). The average molecular weight is 302 g/mol. The van der Waals surface area contributed by atoms with Crippen LogP contribution in [-0.2, 0) is 28.5 Å². The van der Waals surface area contributed by atoms with Crippen LogP contribution in [-0.4, -0.2) is 31.4 Å². The minimum Gasteiger partial charge on any atom is -0.385 e. The first-order chi connectivity index (χ1) is 10.6. The van der Waals surface area contributed by atoms with Gasteiger partial charge in [0.25, 0.3) is 0 Å². The van der Waals surface area contributed by atoms with Gasteiger partial charge in [0.2, 0.25) is 0 Å². The van der Waals surface area contributed by atoms with Gasteiger partial charge in [-0.15, -0.1) is 0 Å². The standard InChI is InChI=1S/C18H26N2O2/c1-18(13(12-19)8-10-21-3)17-15(9-11-22-18)14-6-4-5-7-16(14)20(17)2/h4-7,13H,8-12,19H2,1-3H3. The molecule has 22 heavy (non-hydrogen) atoms. The van der Waals surface area contributed by atoms with E-state index in [2.05, 4.69) is 42.8 Å². The molecule has 2 heterocycles. The molecule has 2 aromatic rings. The predicted octanol–water partition coefficient (Wildman–Crippen LogP) is 2.58. The maximum atomic E-state index is 6.30. The number of methoxy groups -OCH3 is 1. The van der Waals surface area contributed by atoms with E-state index in [0.717, 1.165) is 19.4 Å². The van der Waals surface area contributed by atoms with E-state index in [0.29, 0.717) is 13.2 Å². The van der Waals surface area contributed by atoms with Gasteiger partial charge in [0.15, 0.2) is 0 Å². The molecule has 0 fully saturated rings. The lowest BCUT2D eigenvalue weighted by molar-refractivity contribution is -0.0965. The summed E-state index contributed by atoms with van der Waals surface area (Å²) in [5.74, 6) is 0.245. The van der Waals surface area contributed by atoms with Crippen LogP contribution in [0.1, 0.15) is 24.6 Å². The number of aromatic nitrogens is 1. The number of benzene rings is 1. The summed E-state index contributed by atoms with van der Waals surface area (Å²) < 4.78 is 13.9. The molecule has 0 bridgehead atoms. The van der Waals surface area contributed by atoms with E-state index in [1.807, 2.05) is 0 Å². The van der Waals surface area contributed by atoms with Crippen molar-refractivity contribution in [1.82, 2.24) is 4.57 Å². The van der Waals surface area contributed by atoms with Gasteiger partial charge in [-0.25, -0.2) is 0 Å². The summed E-state index contributed by atoms with van der Waals surface area (Å²) in [5, 5.41) is 1.34. The van der Waals surface area contributed by atoms with Crippen molar-refractivity contribution in [1.29, 1.82) is 0 Å². The minimum absolute atomic E-state index is 0.245. The molecule has 0 radical (unpaired) electrons. The summed E-state index contributed by atoms with van der Waals surface area (Å²) in [6.45, 7) is 4.25. The maximum Gasteiger partial charge on any atom is 0.110 e. The van der Waals surface area contributed by atoms with Crippen molar-refractivity contribution in [3.63, 3.8) is 0 Å². The largest absolute Gasteiger partial charge is 0.385 e. The molecule has 1 aliphatic rings. The average Bonchev–Trinajstić information content (AvgIpc) is 2.83. The highest BCUT2D eigenvalue weighted by atomic mass is 16.5. The highest BCUT2D eigenvalue weighted by Crippen LogP contribution is 2.43. The molecular weight excluding hydrogens is 276 g/mol. The first-order valence-electron chi connectivity index (χ1n) is 8.03. The first-order valence-corrected chi connectivity index (χ1v) is 8.03. The molecule has 1 aromatic heterocycles. The van der Waals surface area contributed by atoms with E-state index in [4.69, 9.17) is 15.2 Å². The van der Waals surface area contributed by atoms with Gasteiger partial charge in [-0.2, -0.15) is 0 Å². The topological polar surface area (TPSA) is 49.4 Å². The Morgan fingerprint density at radius 3 is 2.91 bits per heavy atom. The fraction of sp³-hybridized carbons (Fsp3) is 0.556. The van der Waals surface area contributed by atoms with Gasteiger partial charge in [-0.3, -0.25) is 0 Å². The quantitative estimate of drug-likeness (QED) is 0.923. The summed E-state index contributed by atoms with van der Waals surface area (Å²) >= 11 is 0. The van der Waals surface area contributed by atoms with Crippen molar-refractivity contribution in [3.8, 4) is 0 Å². The van der Waals surface area contributed by atoms with Crippen molar-refractivity contribution in [2.45, 2.75) is 25.4 Å². The number of aryl methyl sites for hydroxylation is 1. The second kappa shape index (κ2) is 6.03. The Labute approximate surface area is 132 Å². The van der Waals surface area contributed by atoms with Crippen molar-refractivity contribution < 1.29 is 9.47 Å². The van der Waals surface area contributed by atoms with E-state index in [9.17, 15) is 0 Å². The lowest BCUT2D eigenvalue weighted by Gasteiger charge is -2.41. The van der Waals surface area contributed by atoms with Crippen LogP contribution < -0.4 is 5.73 Å². The normalized spacial score (nSPS) is 22.7. The van der Waals surface area contributed by atoms with Gasteiger partial charge in [-0.05, 0) is 37.9 Å². The molecule has 2 N–H and O–H groups in total. The number of hydrogen-bond donors (Lipinski definition) is 1. The molecule has 0 aliphatic carbocycles. The second-order valence-electron chi connectivity index (χ2n) is 6.32. The van der Waals surface area contributed by atoms with Crippen LogP contribution in [0, 0.1) is 5.92 Å². The molecule has 2 unspecified atom stereocenters. The van der Waals surface area contributed by atoms with Crippen molar-refractivity contribution >= 4 is 10.9 Å². The zero-order chi connectivity index (χ0) is 15.7. The van der Waals surface area contributed by atoms with Crippen LogP contribution >= 0.6 is 0 Å². The van der Waals surface area contributed by atoms with Crippen LogP contribution in [0.5, 0.6) is 0 Å². The summed E-state index contributed by atoms with van der Waals surface area (Å²) in [6, 6.07) is 8.60. The van der Waals surface area contributed by atoms with Crippen molar-refractivity contribution in [2.75, 3.05) is 26.9 Å². The van der Waals surface area contributed by atoms with Crippen molar-refractivity contribution in [3.05, 3.63) is 35.5 Å². The maximum absolute atomic E-state index is 6.30. The summed E-state index contributed by atoms with van der Waals surface area (Å²) in [6.07, 6.45) is 1.87. The molecule has 0 saturated heterocycles.